The SMILES string of the molecule is [N-]=[N+]=NC(CO)C[C@H](O)CO. The molecule has 1 unspecified atom stereocenters. The van der Waals surface area contributed by atoms with Crippen molar-refractivity contribution in [2.24, 2.45) is 5.11 Å². The van der Waals surface area contributed by atoms with Crippen molar-refractivity contribution in [2.75, 3.05) is 13.2 Å². The molecule has 0 heterocycles. The minimum atomic E-state index is -0.933. The molecule has 3 N–H and O–H groups in total. The third-order valence-electron chi connectivity index (χ3n) is 1.18. The Hall–Kier alpha value is -0.810. The number of nitrogens with zero attached hydrogens (tertiary/aromatic N) is 3. The molecule has 11 heavy (non-hydrogen) atoms. The van der Waals surface area contributed by atoms with Gasteiger partial charge in [0.2, 0.25) is 0 Å². The molecule has 0 aliphatic carbocycles. The van der Waals surface area contributed by atoms with Crippen LogP contribution in [0.1, 0.15) is 6.42 Å². The van der Waals surface area contributed by atoms with Gasteiger partial charge in [-0.15, -0.1) is 0 Å². The van der Waals surface area contributed by atoms with Crippen molar-refractivity contribution in [1.82, 2.24) is 0 Å². The van der Waals surface area contributed by atoms with E-state index in [1.807, 2.05) is 0 Å². The first-order chi connectivity index (χ1) is 5.24. The molecule has 0 saturated carbocycles. The third-order valence-corrected chi connectivity index (χ3v) is 1.18. The van der Waals surface area contributed by atoms with E-state index in [0.29, 0.717) is 0 Å². The van der Waals surface area contributed by atoms with E-state index in [0.717, 1.165) is 0 Å². The van der Waals surface area contributed by atoms with Crippen LogP contribution in [0, 0.1) is 0 Å². The normalized spacial score (nSPS) is 15.2. The summed E-state index contributed by atoms with van der Waals surface area (Å²) in [6, 6.07) is -0.651. The molecule has 0 aromatic heterocycles. The summed E-state index contributed by atoms with van der Waals surface area (Å²) in [7, 11) is 0. The first-order valence-corrected chi connectivity index (χ1v) is 3.18. The topological polar surface area (TPSA) is 109 Å². The van der Waals surface area contributed by atoms with E-state index >= 15 is 0 Å². The fraction of sp³-hybridized carbons (Fsp3) is 1.00. The summed E-state index contributed by atoms with van der Waals surface area (Å²) in [5.74, 6) is 0. The number of aliphatic hydroxyl groups excluding tert-OH is 3. The predicted octanol–water partition coefficient (Wildman–Crippen LogP) is -0.599. The van der Waals surface area contributed by atoms with Gasteiger partial charge in [-0.1, -0.05) is 5.11 Å². The van der Waals surface area contributed by atoms with Gasteiger partial charge in [-0.2, -0.15) is 0 Å². The number of rotatable bonds is 5. The average Bonchev–Trinajstić information content (AvgIpc) is 2.03. The van der Waals surface area contributed by atoms with E-state index in [9.17, 15) is 0 Å². The number of aliphatic hydroxyl groups is 3. The lowest BCUT2D eigenvalue weighted by Gasteiger charge is -2.10. The zero-order chi connectivity index (χ0) is 8.69. The highest BCUT2D eigenvalue weighted by molar-refractivity contribution is 4.69. The molecular weight excluding hydrogens is 150 g/mol. The molecule has 0 aromatic carbocycles. The van der Waals surface area contributed by atoms with Crippen molar-refractivity contribution in [3.63, 3.8) is 0 Å². The van der Waals surface area contributed by atoms with Crippen LogP contribution >= 0.6 is 0 Å². The largest absolute Gasteiger partial charge is 0.396 e. The van der Waals surface area contributed by atoms with Gasteiger partial charge in [0.25, 0.3) is 0 Å². The van der Waals surface area contributed by atoms with Crippen LogP contribution in [0.5, 0.6) is 0 Å². The van der Waals surface area contributed by atoms with Crippen molar-refractivity contribution < 1.29 is 15.3 Å². The van der Waals surface area contributed by atoms with Crippen LogP contribution in [-0.4, -0.2) is 40.7 Å². The van der Waals surface area contributed by atoms with E-state index in [1.165, 1.54) is 0 Å². The monoisotopic (exact) mass is 161 g/mol. The van der Waals surface area contributed by atoms with E-state index in [1.54, 1.807) is 0 Å². The number of azide groups is 1. The Morgan fingerprint density at radius 3 is 2.36 bits per heavy atom. The number of hydrogen-bond acceptors (Lipinski definition) is 4. The lowest BCUT2D eigenvalue weighted by molar-refractivity contribution is 0.0758. The minimum Gasteiger partial charge on any atom is -0.396 e. The Morgan fingerprint density at radius 1 is 1.36 bits per heavy atom. The molecule has 0 amide bonds. The summed E-state index contributed by atoms with van der Waals surface area (Å²) in [6.45, 7) is -0.710. The van der Waals surface area contributed by atoms with Crippen molar-refractivity contribution in [3.05, 3.63) is 10.4 Å². The molecule has 0 aliphatic heterocycles. The summed E-state index contributed by atoms with van der Waals surface area (Å²) >= 11 is 0. The molecule has 64 valence electrons. The highest BCUT2D eigenvalue weighted by atomic mass is 16.3. The molecular formula is C5H11N3O3. The second-order valence-electron chi connectivity index (χ2n) is 2.11. The van der Waals surface area contributed by atoms with E-state index < -0.39 is 18.8 Å². The molecule has 0 radical (unpaired) electrons. The zero-order valence-corrected chi connectivity index (χ0v) is 5.96. The molecule has 0 rings (SSSR count). The molecule has 0 spiro atoms. The Morgan fingerprint density at radius 2 is 2.00 bits per heavy atom. The maximum atomic E-state index is 8.84. The van der Waals surface area contributed by atoms with Crippen molar-refractivity contribution in [2.45, 2.75) is 18.6 Å². The molecule has 0 bridgehead atoms. The third kappa shape index (κ3) is 4.58. The Labute approximate surface area is 63.7 Å². The highest BCUT2D eigenvalue weighted by Crippen LogP contribution is 2.01. The van der Waals surface area contributed by atoms with E-state index in [4.69, 9.17) is 20.9 Å². The van der Waals surface area contributed by atoms with E-state index in [2.05, 4.69) is 10.0 Å². The Bertz CT molecular complexity index is 146. The first-order valence-electron chi connectivity index (χ1n) is 3.18. The van der Waals surface area contributed by atoms with Crippen LogP contribution < -0.4 is 0 Å². The van der Waals surface area contributed by atoms with Crippen molar-refractivity contribution >= 4 is 0 Å². The summed E-state index contributed by atoms with van der Waals surface area (Å²) in [6.07, 6.45) is -0.852. The van der Waals surface area contributed by atoms with Crippen molar-refractivity contribution in [3.8, 4) is 0 Å². The molecule has 0 fully saturated rings. The second-order valence-corrected chi connectivity index (χ2v) is 2.11. The standard InChI is InChI=1S/C5H11N3O3/c6-8-7-4(2-9)1-5(11)3-10/h4-5,9-11H,1-3H2/t4?,5-/m0/s1. The average molecular weight is 161 g/mol. The van der Waals surface area contributed by atoms with Crippen LogP contribution in [0.25, 0.3) is 10.4 Å². The van der Waals surface area contributed by atoms with Gasteiger partial charge >= 0.3 is 0 Å². The molecule has 6 heteroatoms. The van der Waals surface area contributed by atoms with Gasteiger partial charge < -0.3 is 15.3 Å². The fourth-order valence-corrected chi connectivity index (χ4v) is 0.620. The van der Waals surface area contributed by atoms with Gasteiger partial charge in [0.15, 0.2) is 0 Å². The number of hydrogen-bond donors (Lipinski definition) is 3. The maximum Gasteiger partial charge on any atom is 0.0775 e. The van der Waals surface area contributed by atoms with Crippen LogP contribution in [0.3, 0.4) is 0 Å². The highest BCUT2D eigenvalue weighted by Gasteiger charge is 2.10. The molecule has 6 nitrogen and oxygen atoms in total. The predicted molar refractivity (Wildman–Crippen MR) is 37.7 cm³/mol. The van der Waals surface area contributed by atoms with Gasteiger partial charge in [-0.3, -0.25) is 0 Å². The quantitative estimate of drug-likeness (QED) is 0.284. The summed E-state index contributed by atoms with van der Waals surface area (Å²) in [5, 5.41) is 29.0. The fourth-order valence-electron chi connectivity index (χ4n) is 0.620. The summed E-state index contributed by atoms with van der Waals surface area (Å²) < 4.78 is 0. The first kappa shape index (κ1) is 10.2. The van der Waals surface area contributed by atoms with Gasteiger partial charge in [0.1, 0.15) is 0 Å². The molecule has 0 saturated heterocycles. The lowest BCUT2D eigenvalue weighted by atomic mass is 10.1. The Kier molecular flexibility index (Phi) is 5.50. The second kappa shape index (κ2) is 5.94. The molecule has 2 atom stereocenters. The van der Waals surface area contributed by atoms with Crippen LogP contribution in [0.4, 0.5) is 0 Å². The van der Waals surface area contributed by atoms with Crippen LogP contribution in [0.2, 0.25) is 0 Å². The zero-order valence-electron chi connectivity index (χ0n) is 5.96. The van der Waals surface area contributed by atoms with Gasteiger partial charge in [0.05, 0.1) is 25.4 Å². The van der Waals surface area contributed by atoms with Crippen LogP contribution in [0.15, 0.2) is 5.11 Å². The van der Waals surface area contributed by atoms with Gasteiger partial charge in [-0.25, -0.2) is 0 Å². The van der Waals surface area contributed by atoms with Gasteiger partial charge in [0, 0.05) is 4.91 Å². The van der Waals surface area contributed by atoms with Crippen LogP contribution in [-0.2, 0) is 0 Å². The molecule has 0 aromatic rings. The molecule has 0 aliphatic rings. The van der Waals surface area contributed by atoms with Gasteiger partial charge in [-0.05, 0) is 12.0 Å². The van der Waals surface area contributed by atoms with Crippen molar-refractivity contribution in [1.29, 1.82) is 0 Å². The lowest BCUT2D eigenvalue weighted by Crippen LogP contribution is -2.21. The minimum absolute atomic E-state index is 0.0804. The van der Waals surface area contributed by atoms with E-state index in [-0.39, 0.29) is 13.0 Å². The maximum absolute atomic E-state index is 8.84. The Balaban J connectivity index is 3.76. The smallest absolute Gasteiger partial charge is 0.0775 e. The summed E-state index contributed by atoms with van der Waals surface area (Å²) in [5.41, 5.74) is 7.96. The summed E-state index contributed by atoms with van der Waals surface area (Å²) in [4.78, 5) is 2.47.